The van der Waals surface area contributed by atoms with Crippen molar-refractivity contribution in [2.45, 2.75) is 5.33 Å². The van der Waals surface area contributed by atoms with E-state index in [2.05, 4.69) is 63.7 Å². The fraction of sp³-hybridized carbons (Fsp3) is 0.0769. The van der Waals surface area contributed by atoms with Crippen LogP contribution in [0.3, 0.4) is 0 Å². The average molecular weight is 500 g/mol. The van der Waals surface area contributed by atoms with Crippen LogP contribution in [0.4, 0.5) is 0 Å². The lowest BCUT2D eigenvalue weighted by Crippen LogP contribution is -1.90. The highest BCUT2D eigenvalue weighted by molar-refractivity contribution is 9.11. The van der Waals surface area contributed by atoms with E-state index in [4.69, 9.17) is 4.74 Å². The zero-order valence-electron chi connectivity index (χ0n) is 9.09. The third-order valence-electron chi connectivity index (χ3n) is 2.29. The number of ether oxygens (including phenoxy) is 1. The Labute approximate surface area is 139 Å². The Hall–Kier alpha value is 0.160. The van der Waals surface area contributed by atoms with Crippen LogP contribution < -0.4 is 4.74 Å². The van der Waals surface area contributed by atoms with Crippen molar-refractivity contribution in [3.05, 3.63) is 55.4 Å². The average Bonchev–Trinajstić information content (AvgIpc) is 2.33. The molecule has 0 heterocycles. The number of alkyl halides is 1. The maximum absolute atomic E-state index is 5.94. The molecule has 94 valence electrons. The standard InChI is InChI=1S/C13H8Br4O/c14-7-8-1-2-10(16)6-13(8)18-12-4-3-9(15)5-11(12)17/h1-6H,7H2. The van der Waals surface area contributed by atoms with Crippen molar-refractivity contribution >= 4 is 63.7 Å². The summed E-state index contributed by atoms with van der Waals surface area (Å²) in [7, 11) is 0. The van der Waals surface area contributed by atoms with Crippen LogP contribution in [-0.4, -0.2) is 0 Å². The maximum Gasteiger partial charge on any atom is 0.141 e. The Morgan fingerprint density at radius 2 is 1.50 bits per heavy atom. The number of benzene rings is 2. The molecule has 0 atom stereocenters. The second-order valence-corrected chi connectivity index (χ2v) is 6.81. The van der Waals surface area contributed by atoms with Crippen LogP contribution in [0.1, 0.15) is 5.56 Å². The molecule has 0 aromatic heterocycles. The zero-order chi connectivity index (χ0) is 13.1. The van der Waals surface area contributed by atoms with Crippen LogP contribution in [0.25, 0.3) is 0 Å². The van der Waals surface area contributed by atoms with Crippen molar-refractivity contribution < 1.29 is 4.74 Å². The fourth-order valence-electron chi connectivity index (χ4n) is 1.41. The summed E-state index contributed by atoms with van der Waals surface area (Å²) < 4.78 is 8.86. The van der Waals surface area contributed by atoms with Crippen molar-refractivity contribution in [3.63, 3.8) is 0 Å². The number of hydrogen-bond acceptors (Lipinski definition) is 1. The van der Waals surface area contributed by atoms with Crippen LogP contribution in [0, 0.1) is 0 Å². The van der Waals surface area contributed by atoms with Gasteiger partial charge in [-0.05, 0) is 46.3 Å². The highest BCUT2D eigenvalue weighted by Crippen LogP contribution is 2.35. The summed E-state index contributed by atoms with van der Waals surface area (Å²) in [6.07, 6.45) is 0. The van der Waals surface area contributed by atoms with E-state index in [-0.39, 0.29) is 0 Å². The van der Waals surface area contributed by atoms with Gasteiger partial charge in [-0.15, -0.1) is 0 Å². The minimum Gasteiger partial charge on any atom is -0.456 e. The van der Waals surface area contributed by atoms with Gasteiger partial charge < -0.3 is 4.74 Å². The largest absolute Gasteiger partial charge is 0.456 e. The molecule has 0 unspecified atom stereocenters. The van der Waals surface area contributed by atoms with Crippen molar-refractivity contribution in [3.8, 4) is 11.5 Å². The molecule has 2 aromatic rings. The van der Waals surface area contributed by atoms with E-state index in [0.717, 1.165) is 35.8 Å². The van der Waals surface area contributed by atoms with Crippen molar-refractivity contribution in [1.29, 1.82) is 0 Å². The third kappa shape index (κ3) is 3.59. The maximum atomic E-state index is 5.94. The first kappa shape index (κ1) is 14.6. The Balaban J connectivity index is 2.36. The predicted octanol–water partition coefficient (Wildman–Crippen LogP) is 6.66. The lowest BCUT2D eigenvalue weighted by Gasteiger charge is -2.11. The van der Waals surface area contributed by atoms with Crippen LogP contribution >= 0.6 is 63.7 Å². The quantitative estimate of drug-likeness (QED) is 0.429. The molecule has 0 amide bonds. The van der Waals surface area contributed by atoms with Crippen molar-refractivity contribution in [2.75, 3.05) is 0 Å². The molecule has 0 saturated carbocycles. The molecule has 0 spiro atoms. The molecule has 0 N–H and O–H groups in total. The highest BCUT2D eigenvalue weighted by Gasteiger charge is 2.08. The molecule has 0 radical (unpaired) electrons. The van der Waals surface area contributed by atoms with Gasteiger partial charge in [0.1, 0.15) is 11.5 Å². The summed E-state index contributed by atoms with van der Waals surface area (Å²) in [5.41, 5.74) is 1.10. The summed E-state index contributed by atoms with van der Waals surface area (Å²) >= 11 is 13.8. The second kappa shape index (κ2) is 6.55. The Bertz CT molecular complexity index is 569. The Morgan fingerprint density at radius 3 is 2.17 bits per heavy atom. The molecule has 2 rings (SSSR count). The van der Waals surface area contributed by atoms with Gasteiger partial charge in [-0.2, -0.15) is 0 Å². The van der Waals surface area contributed by atoms with E-state index < -0.39 is 0 Å². The summed E-state index contributed by atoms with van der Waals surface area (Å²) in [6.45, 7) is 0. The normalized spacial score (nSPS) is 10.4. The van der Waals surface area contributed by atoms with Crippen molar-refractivity contribution in [2.24, 2.45) is 0 Å². The minimum atomic E-state index is 0.754. The number of halogens is 4. The highest BCUT2D eigenvalue weighted by atomic mass is 79.9. The van der Waals surface area contributed by atoms with Gasteiger partial charge in [0.15, 0.2) is 0 Å². The molecular formula is C13H8Br4O. The van der Waals surface area contributed by atoms with Crippen LogP contribution in [0.15, 0.2) is 49.8 Å². The van der Waals surface area contributed by atoms with Crippen LogP contribution in [0.2, 0.25) is 0 Å². The summed E-state index contributed by atoms with van der Waals surface area (Å²) in [6, 6.07) is 11.8. The monoisotopic (exact) mass is 496 g/mol. The summed E-state index contributed by atoms with van der Waals surface area (Å²) in [4.78, 5) is 0. The van der Waals surface area contributed by atoms with Crippen molar-refractivity contribution in [1.82, 2.24) is 0 Å². The SMILES string of the molecule is BrCc1ccc(Br)cc1Oc1ccc(Br)cc1Br. The van der Waals surface area contributed by atoms with E-state index in [9.17, 15) is 0 Å². The second-order valence-electron chi connectivity index (χ2n) is 3.56. The molecule has 2 aromatic carbocycles. The Kier molecular flexibility index (Phi) is 5.30. The van der Waals surface area contributed by atoms with E-state index in [1.807, 2.05) is 36.4 Å². The van der Waals surface area contributed by atoms with Gasteiger partial charge in [0.25, 0.3) is 0 Å². The van der Waals surface area contributed by atoms with E-state index in [1.54, 1.807) is 0 Å². The molecule has 0 saturated heterocycles. The molecule has 0 aliphatic heterocycles. The van der Waals surface area contributed by atoms with Crippen LogP contribution in [-0.2, 0) is 5.33 Å². The first-order chi connectivity index (χ1) is 8.60. The number of rotatable bonds is 3. The molecule has 1 nitrogen and oxygen atoms in total. The van der Waals surface area contributed by atoms with Gasteiger partial charge in [-0.3, -0.25) is 0 Å². The third-order valence-corrected chi connectivity index (χ3v) is 4.50. The van der Waals surface area contributed by atoms with E-state index in [1.165, 1.54) is 0 Å². The van der Waals surface area contributed by atoms with Gasteiger partial charge in [0.05, 0.1) is 4.47 Å². The molecule has 18 heavy (non-hydrogen) atoms. The van der Waals surface area contributed by atoms with Gasteiger partial charge >= 0.3 is 0 Å². The van der Waals surface area contributed by atoms with Gasteiger partial charge in [0, 0.05) is 19.8 Å². The van der Waals surface area contributed by atoms with Gasteiger partial charge in [-0.25, -0.2) is 0 Å². The molecule has 0 fully saturated rings. The van der Waals surface area contributed by atoms with E-state index >= 15 is 0 Å². The lowest BCUT2D eigenvalue weighted by molar-refractivity contribution is 0.475. The fourth-order valence-corrected chi connectivity index (χ4v) is 3.34. The van der Waals surface area contributed by atoms with Crippen LogP contribution in [0.5, 0.6) is 11.5 Å². The molecule has 5 heteroatoms. The first-order valence-corrected chi connectivity index (χ1v) is 8.57. The smallest absolute Gasteiger partial charge is 0.141 e. The topological polar surface area (TPSA) is 9.23 Å². The summed E-state index contributed by atoms with van der Waals surface area (Å²) in [5, 5.41) is 0.754. The molecule has 0 aliphatic rings. The molecule has 0 bridgehead atoms. The van der Waals surface area contributed by atoms with Gasteiger partial charge in [0.2, 0.25) is 0 Å². The lowest BCUT2D eigenvalue weighted by atomic mass is 10.2. The molecular weight excluding hydrogens is 492 g/mol. The predicted molar refractivity (Wildman–Crippen MR) is 88.7 cm³/mol. The summed E-state index contributed by atoms with van der Waals surface area (Å²) in [5.74, 6) is 1.63. The van der Waals surface area contributed by atoms with Gasteiger partial charge in [-0.1, -0.05) is 53.9 Å². The zero-order valence-corrected chi connectivity index (χ0v) is 15.4. The van der Waals surface area contributed by atoms with E-state index in [0.29, 0.717) is 0 Å². The minimum absolute atomic E-state index is 0.754. The molecule has 0 aliphatic carbocycles. The Morgan fingerprint density at radius 1 is 0.833 bits per heavy atom. The first-order valence-electron chi connectivity index (χ1n) is 5.07. The number of hydrogen-bond donors (Lipinski definition) is 0.